The van der Waals surface area contributed by atoms with Crippen LogP contribution in [0.5, 0.6) is 0 Å². The fourth-order valence-corrected chi connectivity index (χ4v) is 3.33. The van der Waals surface area contributed by atoms with Crippen LogP contribution in [0.25, 0.3) is 10.8 Å². The van der Waals surface area contributed by atoms with E-state index in [4.69, 9.17) is 5.14 Å². The minimum Gasteiger partial charge on any atom is -0.348 e. The van der Waals surface area contributed by atoms with Crippen molar-refractivity contribution in [3.63, 3.8) is 0 Å². The summed E-state index contributed by atoms with van der Waals surface area (Å²) in [5.74, 6) is -0.490. The van der Waals surface area contributed by atoms with E-state index in [-0.39, 0.29) is 22.2 Å². The number of rotatable bonds is 5. The first kappa shape index (κ1) is 19.5. The number of aromatic nitrogens is 2. The molecule has 1 atom stereocenters. The van der Waals surface area contributed by atoms with Crippen molar-refractivity contribution in [2.75, 3.05) is 0 Å². The monoisotopic (exact) mass is 402 g/mol. The summed E-state index contributed by atoms with van der Waals surface area (Å²) < 4.78 is 23.5. The highest BCUT2D eigenvalue weighted by atomic mass is 32.2. The molecule has 2 aromatic carbocycles. The maximum absolute atomic E-state index is 12.4. The normalized spacial score (nSPS) is 12.6. The van der Waals surface area contributed by atoms with Gasteiger partial charge in [0.1, 0.15) is 6.54 Å². The quantitative estimate of drug-likeness (QED) is 0.559. The summed E-state index contributed by atoms with van der Waals surface area (Å²) in [5, 5.41) is 10.6. The lowest BCUT2D eigenvalue weighted by Gasteiger charge is -2.15. The molecule has 0 aliphatic heterocycles. The molecule has 0 radical (unpaired) electrons. The number of fused-ring (bicyclic) bond motifs is 1. The van der Waals surface area contributed by atoms with Crippen LogP contribution in [0, 0.1) is 0 Å². The number of hydrogen-bond donors (Lipinski definition) is 3. The number of carbonyl (C=O) groups is 1. The Morgan fingerprint density at radius 2 is 1.71 bits per heavy atom. The van der Waals surface area contributed by atoms with Crippen molar-refractivity contribution in [3.05, 3.63) is 74.8 Å². The van der Waals surface area contributed by atoms with Crippen molar-refractivity contribution in [1.82, 2.24) is 15.1 Å². The predicted molar refractivity (Wildman–Crippen MR) is 103 cm³/mol. The predicted octanol–water partition coefficient (Wildman–Crippen LogP) is 0.215. The first-order valence-corrected chi connectivity index (χ1v) is 9.85. The molecule has 1 aromatic heterocycles. The van der Waals surface area contributed by atoms with Gasteiger partial charge in [0.05, 0.1) is 21.7 Å². The van der Waals surface area contributed by atoms with Crippen molar-refractivity contribution in [3.8, 4) is 0 Å². The van der Waals surface area contributed by atoms with Gasteiger partial charge in [-0.1, -0.05) is 24.3 Å². The Labute approximate surface area is 159 Å². The number of hydrogen-bond acceptors (Lipinski definition) is 5. The lowest BCUT2D eigenvalue weighted by atomic mass is 10.1. The molecule has 28 heavy (non-hydrogen) atoms. The number of sulfonamides is 1. The average Bonchev–Trinajstić information content (AvgIpc) is 2.65. The van der Waals surface area contributed by atoms with Crippen LogP contribution in [0.15, 0.2) is 63.0 Å². The standard InChI is InChI=1S/C18H18N4O5S/c1-11(12-6-8-13(9-7-12)28(19,26)27)20-16(23)10-22-18(25)15-5-3-2-4-14(15)17(24)21-22/h2-9,11H,10H2,1H3,(H,20,23)(H,21,24)(H2,19,26,27)/t11-/m0/s1. The summed E-state index contributed by atoms with van der Waals surface area (Å²) in [5.41, 5.74) is -0.287. The van der Waals surface area contributed by atoms with E-state index in [1.807, 2.05) is 0 Å². The van der Waals surface area contributed by atoms with Gasteiger partial charge in [0.15, 0.2) is 0 Å². The van der Waals surface area contributed by atoms with Crippen molar-refractivity contribution < 1.29 is 13.2 Å². The first-order chi connectivity index (χ1) is 13.2. The second-order valence-corrected chi connectivity index (χ2v) is 7.84. The SMILES string of the molecule is C[C@H](NC(=O)Cn1[nH]c(=O)c2ccccc2c1=O)c1ccc(S(N)(=O)=O)cc1. The molecule has 0 fully saturated rings. The van der Waals surface area contributed by atoms with E-state index in [0.29, 0.717) is 5.56 Å². The summed E-state index contributed by atoms with van der Waals surface area (Å²) in [4.78, 5) is 36.8. The second-order valence-electron chi connectivity index (χ2n) is 6.28. The molecule has 1 heterocycles. The molecule has 10 heteroatoms. The van der Waals surface area contributed by atoms with E-state index in [2.05, 4.69) is 10.4 Å². The van der Waals surface area contributed by atoms with E-state index in [1.165, 1.54) is 36.4 Å². The molecule has 3 aromatic rings. The Bertz CT molecular complexity index is 1260. The van der Waals surface area contributed by atoms with Gasteiger partial charge in [0.25, 0.3) is 11.1 Å². The third-order valence-corrected chi connectivity index (χ3v) is 5.20. The molecule has 4 N–H and O–H groups in total. The van der Waals surface area contributed by atoms with Crippen LogP contribution in [0.4, 0.5) is 0 Å². The Hall–Kier alpha value is -3.24. The molecule has 0 unspecified atom stereocenters. The van der Waals surface area contributed by atoms with Crippen LogP contribution in [0.3, 0.4) is 0 Å². The largest absolute Gasteiger partial charge is 0.348 e. The molecule has 0 aliphatic carbocycles. The minimum atomic E-state index is -3.80. The van der Waals surface area contributed by atoms with Gasteiger partial charge in [-0.3, -0.25) is 19.5 Å². The molecule has 0 bridgehead atoms. The van der Waals surface area contributed by atoms with Gasteiger partial charge in [-0.2, -0.15) is 0 Å². The lowest BCUT2D eigenvalue weighted by molar-refractivity contribution is -0.122. The van der Waals surface area contributed by atoms with Gasteiger partial charge in [0, 0.05) is 0 Å². The Morgan fingerprint density at radius 3 is 2.32 bits per heavy atom. The molecule has 9 nitrogen and oxygen atoms in total. The Morgan fingerprint density at radius 1 is 1.11 bits per heavy atom. The van der Waals surface area contributed by atoms with Gasteiger partial charge < -0.3 is 5.32 Å². The molecular formula is C18H18N4O5S. The van der Waals surface area contributed by atoms with Crippen molar-refractivity contribution in [1.29, 1.82) is 0 Å². The lowest BCUT2D eigenvalue weighted by Crippen LogP contribution is -2.37. The molecule has 0 aliphatic rings. The molecule has 0 saturated heterocycles. The molecule has 0 spiro atoms. The highest BCUT2D eigenvalue weighted by molar-refractivity contribution is 7.89. The fraction of sp³-hybridized carbons (Fsp3) is 0.167. The van der Waals surface area contributed by atoms with Crippen LogP contribution in [-0.2, 0) is 21.4 Å². The maximum Gasteiger partial charge on any atom is 0.273 e. The summed E-state index contributed by atoms with van der Waals surface area (Å²) >= 11 is 0. The average molecular weight is 402 g/mol. The van der Waals surface area contributed by atoms with Gasteiger partial charge in [0.2, 0.25) is 15.9 Å². The van der Waals surface area contributed by atoms with E-state index >= 15 is 0 Å². The Kier molecular flexibility index (Phi) is 5.16. The zero-order chi connectivity index (χ0) is 20.5. The fourth-order valence-electron chi connectivity index (χ4n) is 2.82. The second kappa shape index (κ2) is 7.41. The van der Waals surface area contributed by atoms with E-state index in [9.17, 15) is 22.8 Å². The topological polar surface area (TPSA) is 144 Å². The van der Waals surface area contributed by atoms with Crippen LogP contribution in [-0.4, -0.2) is 24.1 Å². The third-order valence-electron chi connectivity index (χ3n) is 4.27. The highest BCUT2D eigenvalue weighted by Gasteiger charge is 2.14. The molecule has 146 valence electrons. The van der Waals surface area contributed by atoms with Crippen LogP contribution in [0.2, 0.25) is 0 Å². The third kappa shape index (κ3) is 4.02. The number of carbonyl (C=O) groups excluding carboxylic acids is 1. The molecule has 1 amide bonds. The number of nitrogens with two attached hydrogens (primary N) is 1. The highest BCUT2D eigenvalue weighted by Crippen LogP contribution is 2.15. The summed E-state index contributed by atoms with van der Waals surface area (Å²) in [6.07, 6.45) is 0. The molecular weight excluding hydrogens is 384 g/mol. The smallest absolute Gasteiger partial charge is 0.273 e. The first-order valence-electron chi connectivity index (χ1n) is 8.31. The summed E-state index contributed by atoms with van der Waals surface area (Å²) in [7, 11) is -3.80. The number of nitrogens with one attached hydrogen (secondary N) is 2. The maximum atomic E-state index is 12.4. The minimum absolute atomic E-state index is 0.0323. The van der Waals surface area contributed by atoms with Gasteiger partial charge in [-0.15, -0.1) is 0 Å². The van der Waals surface area contributed by atoms with E-state index in [0.717, 1.165) is 4.68 Å². The van der Waals surface area contributed by atoms with Crippen LogP contribution < -0.4 is 21.6 Å². The van der Waals surface area contributed by atoms with Crippen LogP contribution >= 0.6 is 0 Å². The van der Waals surface area contributed by atoms with Gasteiger partial charge in [-0.05, 0) is 36.8 Å². The van der Waals surface area contributed by atoms with Gasteiger partial charge in [-0.25, -0.2) is 18.2 Å². The number of nitrogens with zero attached hydrogens (tertiary/aromatic N) is 1. The zero-order valence-corrected chi connectivity index (χ0v) is 15.7. The molecule has 3 rings (SSSR count). The summed E-state index contributed by atoms with van der Waals surface area (Å²) in [6.45, 7) is 1.34. The molecule has 0 saturated carbocycles. The van der Waals surface area contributed by atoms with Crippen molar-refractivity contribution in [2.24, 2.45) is 5.14 Å². The number of primary sulfonamides is 1. The zero-order valence-electron chi connectivity index (χ0n) is 14.9. The van der Waals surface area contributed by atoms with Crippen LogP contribution in [0.1, 0.15) is 18.5 Å². The number of amides is 1. The summed E-state index contributed by atoms with van der Waals surface area (Å²) in [6, 6.07) is 11.7. The van der Waals surface area contributed by atoms with E-state index in [1.54, 1.807) is 19.1 Å². The Balaban J connectivity index is 1.77. The number of benzene rings is 2. The van der Waals surface area contributed by atoms with Crippen molar-refractivity contribution >= 4 is 26.7 Å². The van der Waals surface area contributed by atoms with E-state index < -0.39 is 33.1 Å². The number of aromatic amines is 1. The van der Waals surface area contributed by atoms with Crippen molar-refractivity contribution in [2.45, 2.75) is 24.4 Å². The number of H-pyrrole nitrogens is 1. The van der Waals surface area contributed by atoms with Gasteiger partial charge >= 0.3 is 0 Å².